The molecular formula is C30H35F2N6O4+. The summed E-state index contributed by atoms with van der Waals surface area (Å²) in [5, 5.41) is 2.82. The van der Waals surface area contributed by atoms with Crippen molar-refractivity contribution in [2.24, 2.45) is 0 Å². The van der Waals surface area contributed by atoms with Gasteiger partial charge in [-0.05, 0) is 37.2 Å². The molecule has 0 fully saturated rings. The van der Waals surface area contributed by atoms with Gasteiger partial charge in [-0.3, -0.25) is 4.98 Å². The number of pyridine rings is 1. The molecule has 0 bridgehead atoms. The van der Waals surface area contributed by atoms with Crippen LogP contribution in [0.5, 0.6) is 11.5 Å². The highest BCUT2D eigenvalue weighted by atomic mass is 19.3. The Balaban J connectivity index is 1.65. The Morgan fingerprint density at radius 3 is 2.36 bits per heavy atom. The van der Waals surface area contributed by atoms with E-state index in [4.69, 9.17) is 19.2 Å². The molecule has 0 saturated carbocycles. The van der Waals surface area contributed by atoms with Crippen molar-refractivity contribution in [3.63, 3.8) is 0 Å². The summed E-state index contributed by atoms with van der Waals surface area (Å²) in [6, 6.07) is 15.0. The molecule has 0 atom stereocenters. The second-order valence-corrected chi connectivity index (χ2v) is 9.74. The third-order valence-corrected chi connectivity index (χ3v) is 6.56. The number of nitrogens with one attached hydrogen (secondary N) is 2. The van der Waals surface area contributed by atoms with Crippen LogP contribution in [-0.4, -0.2) is 70.0 Å². The Morgan fingerprint density at radius 2 is 1.74 bits per heavy atom. The number of carbonyl (C=O) groups is 1. The van der Waals surface area contributed by atoms with Gasteiger partial charge >= 0.3 is 6.09 Å². The van der Waals surface area contributed by atoms with E-state index in [1.165, 1.54) is 12.0 Å². The number of hydrogen-bond acceptors (Lipinski definition) is 8. The van der Waals surface area contributed by atoms with Crippen LogP contribution in [0.1, 0.15) is 13.3 Å². The molecule has 0 aliphatic rings. The number of benzene rings is 2. The van der Waals surface area contributed by atoms with Crippen LogP contribution in [0.2, 0.25) is 0 Å². The van der Waals surface area contributed by atoms with E-state index in [2.05, 4.69) is 20.2 Å². The lowest BCUT2D eigenvalue weighted by atomic mass is 10.1. The average molecular weight is 582 g/mol. The van der Waals surface area contributed by atoms with Gasteiger partial charge in [-0.15, -0.1) is 0 Å². The van der Waals surface area contributed by atoms with Gasteiger partial charge in [-0.25, -0.2) is 18.7 Å². The molecule has 42 heavy (non-hydrogen) atoms. The number of halogens is 2. The van der Waals surface area contributed by atoms with E-state index < -0.39 is 12.0 Å². The number of H-pyrrole nitrogens is 1. The summed E-state index contributed by atoms with van der Waals surface area (Å²) in [5.41, 5.74) is 4.46. The molecule has 4 rings (SSSR count). The monoisotopic (exact) mass is 581 g/mol. The summed E-state index contributed by atoms with van der Waals surface area (Å²) < 4.78 is 42.3. The molecule has 0 radical (unpaired) electrons. The third kappa shape index (κ3) is 7.58. The zero-order valence-corrected chi connectivity index (χ0v) is 24.3. The second kappa shape index (κ2) is 13.4. The quantitative estimate of drug-likeness (QED) is 0.231. The van der Waals surface area contributed by atoms with E-state index in [0.29, 0.717) is 53.6 Å². The van der Waals surface area contributed by atoms with Crippen LogP contribution >= 0.6 is 0 Å². The first-order valence-corrected chi connectivity index (χ1v) is 13.3. The molecular weight excluding hydrogens is 546 g/mol. The van der Waals surface area contributed by atoms with Crippen molar-refractivity contribution in [2.45, 2.75) is 19.3 Å². The molecule has 0 aliphatic heterocycles. The summed E-state index contributed by atoms with van der Waals surface area (Å²) in [6.07, 6.45) is 3.54. The number of methoxy groups -OCH3 is 3. The number of rotatable bonds is 12. The van der Waals surface area contributed by atoms with E-state index in [-0.39, 0.29) is 6.54 Å². The number of ether oxygens (including phenoxy) is 3. The highest BCUT2D eigenvalue weighted by Gasteiger charge is 2.21. The van der Waals surface area contributed by atoms with Crippen LogP contribution in [0.4, 0.5) is 30.8 Å². The molecule has 222 valence electrons. The van der Waals surface area contributed by atoms with Crippen molar-refractivity contribution < 1.29 is 32.8 Å². The Kier molecular flexibility index (Phi) is 9.68. The lowest BCUT2D eigenvalue weighted by Crippen LogP contribution is -2.32. The predicted octanol–water partition coefficient (Wildman–Crippen LogP) is 5.10. The molecule has 0 saturated heterocycles. The van der Waals surface area contributed by atoms with Gasteiger partial charge in [0, 0.05) is 54.7 Å². The van der Waals surface area contributed by atoms with Gasteiger partial charge in [0.15, 0.2) is 0 Å². The smallest absolute Gasteiger partial charge is 0.497 e. The van der Waals surface area contributed by atoms with Crippen molar-refractivity contribution in [1.82, 2.24) is 15.3 Å². The Bertz CT molecular complexity index is 1490. The van der Waals surface area contributed by atoms with Crippen LogP contribution < -0.4 is 29.6 Å². The number of hydrogen-bond donors (Lipinski definition) is 1. The first-order chi connectivity index (χ1) is 20.1. The van der Waals surface area contributed by atoms with Crippen molar-refractivity contribution in [1.29, 1.82) is 0 Å². The minimum atomic E-state index is -2.77. The molecule has 0 unspecified atom stereocenters. The maximum atomic E-state index is 13.3. The largest absolute Gasteiger partial charge is 0.506 e. The Hall–Kier alpha value is -4.58. The lowest BCUT2D eigenvalue weighted by molar-refractivity contribution is -0.362. The zero-order valence-electron chi connectivity index (χ0n) is 24.3. The van der Waals surface area contributed by atoms with Gasteiger partial charge < -0.3 is 24.4 Å². The number of nitrogens with zero attached hydrogens (tertiary/aromatic N) is 4. The first kappa shape index (κ1) is 30.4. The highest BCUT2D eigenvalue weighted by Crippen LogP contribution is 2.34. The van der Waals surface area contributed by atoms with Crippen molar-refractivity contribution in [3.8, 4) is 22.8 Å². The number of alkyl halides is 2. The molecule has 2 N–H and O–H groups in total. The van der Waals surface area contributed by atoms with Crippen LogP contribution in [0.3, 0.4) is 0 Å². The Labute approximate surface area is 243 Å². The van der Waals surface area contributed by atoms with Gasteiger partial charge in [0.1, 0.15) is 11.5 Å². The van der Waals surface area contributed by atoms with Crippen LogP contribution in [0, 0.1) is 0 Å². The molecule has 1 amide bonds. The number of carbonyl (C=O) groups excluding carboxylic acids is 1. The minimum absolute atomic E-state index is 0.383. The van der Waals surface area contributed by atoms with Gasteiger partial charge in [-0.2, -0.15) is 9.69 Å². The molecule has 2 aromatic carbocycles. The fraction of sp³-hybridized carbons (Fsp3) is 0.333. The maximum absolute atomic E-state index is 13.3. The van der Waals surface area contributed by atoms with Crippen LogP contribution in [-0.2, 0) is 4.74 Å². The van der Waals surface area contributed by atoms with Gasteiger partial charge in [0.05, 0.1) is 64.0 Å². The summed E-state index contributed by atoms with van der Waals surface area (Å²) in [6.45, 7) is 1.45. The van der Waals surface area contributed by atoms with E-state index in [9.17, 15) is 13.6 Å². The molecule has 4 aromatic rings. The average Bonchev–Trinajstić information content (AvgIpc) is 3.00. The summed E-state index contributed by atoms with van der Waals surface area (Å²) in [5.74, 6) is -0.968. The SMILES string of the molecule is COC(=O)N(C)c1ccc(-c2cnc3ccc(N(CCCNCC(C)(F)F)c4cc(OC)cc(OC)c4)cc3n2)c[nH+]1. The normalized spacial score (nSPS) is 11.3. The van der Waals surface area contributed by atoms with Gasteiger partial charge in [-0.1, -0.05) is 0 Å². The van der Waals surface area contributed by atoms with Crippen molar-refractivity contribution in [3.05, 3.63) is 60.9 Å². The molecule has 2 aromatic heterocycles. The van der Waals surface area contributed by atoms with Crippen molar-refractivity contribution in [2.75, 3.05) is 57.8 Å². The number of amides is 1. The maximum Gasteiger partial charge on any atom is 0.506 e. The molecule has 0 aliphatic carbocycles. The molecule has 2 heterocycles. The zero-order chi connectivity index (χ0) is 30.3. The number of anilines is 3. The van der Waals surface area contributed by atoms with Gasteiger partial charge in [0.25, 0.3) is 11.7 Å². The topological polar surface area (TPSA) is 103 Å². The predicted molar refractivity (Wildman–Crippen MR) is 157 cm³/mol. The minimum Gasteiger partial charge on any atom is -0.497 e. The first-order valence-electron chi connectivity index (χ1n) is 13.3. The molecule has 0 spiro atoms. The Morgan fingerprint density at radius 1 is 1.00 bits per heavy atom. The lowest BCUT2D eigenvalue weighted by Gasteiger charge is -2.26. The fourth-order valence-corrected chi connectivity index (χ4v) is 4.35. The van der Waals surface area contributed by atoms with Crippen LogP contribution in [0.15, 0.2) is 60.9 Å². The summed E-state index contributed by atoms with van der Waals surface area (Å²) in [4.78, 5) is 27.8. The second-order valence-electron chi connectivity index (χ2n) is 9.74. The summed E-state index contributed by atoms with van der Waals surface area (Å²) >= 11 is 0. The number of fused-ring (bicyclic) bond motifs is 1. The number of aromatic nitrogens is 3. The molecule has 10 nitrogen and oxygen atoms in total. The number of aromatic amines is 1. The third-order valence-electron chi connectivity index (χ3n) is 6.56. The van der Waals surface area contributed by atoms with Crippen molar-refractivity contribution >= 4 is 34.3 Å². The van der Waals surface area contributed by atoms with Crippen LogP contribution in [0.25, 0.3) is 22.3 Å². The summed E-state index contributed by atoms with van der Waals surface area (Å²) in [7, 11) is 6.10. The van der Waals surface area contributed by atoms with E-state index >= 15 is 0 Å². The van der Waals surface area contributed by atoms with E-state index in [1.54, 1.807) is 45.8 Å². The standard InChI is InChI=1S/C30H34F2N6O4/c1-30(31,32)19-33-11-6-12-38(22-13-23(40-3)16-24(14-22)41-4)21-8-9-25-26(15-21)36-27(18-34-25)20-7-10-28(35-17-20)37(2)29(39)42-5/h7-10,13-18,33H,6,11-12,19H2,1-5H3/p+1. The molecule has 12 heteroatoms. The van der Waals surface area contributed by atoms with E-state index in [1.807, 2.05) is 36.4 Å². The van der Waals surface area contributed by atoms with Gasteiger partial charge in [0.2, 0.25) is 0 Å². The highest BCUT2D eigenvalue weighted by molar-refractivity contribution is 5.85. The fourth-order valence-electron chi connectivity index (χ4n) is 4.35. The van der Waals surface area contributed by atoms with E-state index in [0.717, 1.165) is 23.9 Å².